The van der Waals surface area contributed by atoms with Crippen molar-refractivity contribution >= 4 is 32.8 Å². The van der Waals surface area contributed by atoms with Crippen LogP contribution in [-0.2, 0) is 11.2 Å². The number of rotatable bonds is 2. The Morgan fingerprint density at radius 3 is 3.07 bits per heavy atom. The maximum atomic E-state index is 11.0. The van der Waals surface area contributed by atoms with Gasteiger partial charge in [-0.25, -0.2) is 4.98 Å². The van der Waals surface area contributed by atoms with E-state index in [1.807, 2.05) is 12.1 Å². The highest BCUT2D eigenvalue weighted by atomic mass is 79.9. The summed E-state index contributed by atoms with van der Waals surface area (Å²) < 4.78 is 6.05. The molecule has 14 heavy (non-hydrogen) atoms. The molecule has 0 radical (unpaired) electrons. The number of aromatic nitrogens is 1. The fourth-order valence-electron chi connectivity index (χ4n) is 1.32. The van der Waals surface area contributed by atoms with Crippen LogP contribution in [0.2, 0.25) is 0 Å². The molecule has 0 spiro atoms. The molecule has 1 aromatic carbocycles. The van der Waals surface area contributed by atoms with E-state index in [2.05, 4.69) is 20.9 Å². The molecular weight excluding hydrogens is 246 g/mol. The van der Waals surface area contributed by atoms with Gasteiger partial charge in [-0.2, -0.15) is 0 Å². The third kappa shape index (κ3) is 1.70. The smallest absolute Gasteiger partial charge is 0.181 e. The van der Waals surface area contributed by atoms with E-state index in [0.29, 0.717) is 12.0 Å². The summed E-state index contributed by atoms with van der Waals surface area (Å²) in [6.07, 6.45) is 1.81. The van der Waals surface area contributed by atoms with E-state index >= 15 is 0 Å². The van der Waals surface area contributed by atoms with Gasteiger partial charge < -0.3 is 4.42 Å². The zero-order valence-electron chi connectivity index (χ0n) is 7.58. The lowest BCUT2D eigenvalue weighted by Crippen LogP contribution is -1.96. The minimum atomic E-state index is 0.129. The molecule has 0 aliphatic rings. The third-order valence-electron chi connectivity index (χ3n) is 1.94. The molecule has 2 aromatic rings. The Hall–Kier alpha value is -1.16. The van der Waals surface area contributed by atoms with Gasteiger partial charge >= 0.3 is 0 Å². The number of ketones is 1. The van der Waals surface area contributed by atoms with Crippen LogP contribution >= 0.6 is 15.9 Å². The van der Waals surface area contributed by atoms with Gasteiger partial charge in [-0.05, 0) is 24.6 Å². The Labute approximate surface area is 89.3 Å². The monoisotopic (exact) mass is 253 g/mol. The Bertz CT molecular complexity index is 490. The summed E-state index contributed by atoms with van der Waals surface area (Å²) in [4.78, 5) is 15.0. The lowest BCUT2D eigenvalue weighted by molar-refractivity contribution is -0.116. The molecule has 0 fully saturated rings. The van der Waals surface area contributed by atoms with Crippen LogP contribution in [0.15, 0.2) is 27.4 Å². The van der Waals surface area contributed by atoms with Gasteiger partial charge in [0.1, 0.15) is 11.3 Å². The second-order valence-electron chi connectivity index (χ2n) is 3.14. The Morgan fingerprint density at radius 1 is 1.57 bits per heavy atom. The van der Waals surface area contributed by atoms with Crippen molar-refractivity contribution in [2.45, 2.75) is 13.3 Å². The molecule has 0 N–H and O–H groups in total. The Balaban J connectivity index is 2.53. The van der Waals surface area contributed by atoms with Gasteiger partial charge in [0.2, 0.25) is 0 Å². The summed E-state index contributed by atoms with van der Waals surface area (Å²) in [7, 11) is 0. The highest BCUT2D eigenvalue weighted by Crippen LogP contribution is 2.24. The van der Waals surface area contributed by atoms with Crippen molar-refractivity contribution in [1.82, 2.24) is 4.98 Å². The van der Waals surface area contributed by atoms with E-state index in [1.165, 1.54) is 6.39 Å². The zero-order valence-corrected chi connectivity index (χ0v) is 9.17. The van der Waals surface area contributed by atoms with Crippen LogP contribution in [0, 0.1) is 0 Å². The molecule has 1 heterocycles. The molecule has 0 saturated carbocycles. The van der Waals surface area contributed by atoms with Crippen molar-refractivity contribution in [3.8, 4) is 0 Å². The topological polar surface area (TPSA) is 43.1 Å². The molecule has 0 unspecified atom stereocenters. The number of Topliss-reactive ketones (excluding diaryl/α,β-unsaturated/α-hetero) is 1. The summed E-state index contributed by atoms with van der Waals surface area (Å²) in [6, 6.07) is 3.70. The fourth-order valence-corrected chi connectivity index (χ4v) is 1.80. The van der Waals surface area contributed by atoms with Gasteiger partial charge in [0.05, 0.1) is 0 Å². The van der Waals surface area contributed by atoms with Gasteiger partial charge in [-0.3, -0.25) is 4.79 Å². The van der Waals surface area contributed by atoms with Gasteiger partial charge in [-0.1, -0.05) is 15.9 Å². The first-order chi connectivity index (χ1) is 6.66. The summed E-state index contributed by atoms with van der Waals surface area (Å²) in [6.45, 7) is 1.57. The number of fused-ring (bicyclic) bond motifs is 1. The number of benzene rings is 1. The number of hydrogen-bond acceptors (Lipinski definition) is 3. The number of hydrogen-bond donors (Lipinski definition) is 0. The van der Waals surface area contributed by atoms with Crippen molar-refractivity contribution in [2.24, 2.45) is 0 Å². The number of oxazole rings is 1. The van der Waals surface area contributed by atoms with E-state index in [0.717, 1.165) is 15.6 Å². The van der Waals surface area contributed by atoms with Gasteiger partial charge in [0.15, 0.2) is 12.0 Å². The van der Waals surface area contributed by atoms with Crippen LogP contribution in [0.4, 0.5) is 0 Å². The van der Waals surface area contributed by atoms with E-state index in [4.69, 9.17) is 4.42 Å². The lowest BCUT2D eigenvalue weighted by Gasteiger charge is -2.00. The molecule has 1 aromatic heterocycles. The molecular formula is C10H8BrNO2. The van der Waals surface area contributed by atoms with E-state index in [9.17, 15) is 4.79 Å². The van der Waals surface area contributed by atoms with Gasteiger partial charge in [0.25, 0.3) is 0 Å². The molecule has 0 aliphatic heterocycles. The summed E-state index contributed by atoms with van der Waals surface area (Å²) in [5.74, 6) is 0.129. The predicted octanol–water partition coefficient (Wildman–Crippen LogP) is 2.72. The van der Waals surface area contributed by atoms with Crippen molar-refractivity contribution < 1.29 is 9.21 Å². The van der Waals surface area contributed by atoms with E-state index in [1.54, 1.807) is 6.92 Å². The van der Waals surface area contributed by atoms with Gasteiger partial charge in [-0.15, -0.1) is 0 Å². The molecule has 0 amide bonds. The van der Waals surface area contributed by atoms with Crippen LogP contribution in [0.3, 0.4) is 0 Å². The maximum absolute atomic E-state index is 11.0. The first-order valence-corrected chi connectivity index (χ1v) is 4.97. The highest BCUT2D eigenvalue weighted by molar-refractivity contribution is 9.10. The normalized spacial score (nSPS) is 10.7. The summed E-state index contributed by atoms with van der Waals surface area (Å²) in [5, 5.41) is 0. The molecule has 0 atom stereocenters. The zero-order chi connectivity index (χ0) is 10.1. The van der Waals surface area contributed by atoms with Crippen LogP contribution in [-0.4, -0.2) is 10.8 Å². The first-order valence-electron chi connectivity index (χ1n) is 4.18. The highest BCUT2D eigenvalue weighted by Gasteiger charge is 2.07. The summed E-state index contributed by atoms with van der Waals surface area (Å²) in [5.41, 5.74) is 2.44. The molecule has 3 nitrogen and oxygen atoms in total. The molecule has 0 aliphatic carbocycles. The second kappa shape index (κ2) is 3.53. The number of nitrogens with zero attached hydrogens (tertiary/aromatic N) is 1. The second-order valence-corrected chi connectivity index (χ2v) is 4.00. The van der Waals surface area contributed by atoms with Gasteiger partial charge in [0, 0.05) is 10.9 Å². The fraction of sp³-hybridized carbons (Fsp3) is 0.200. The van der Waals surface area contributed by atoms with Crippen molar-refractivity contribution in [2.75, 3.05) is 0 Å². The van der Waals surface area contributed by atoms with Crippen molar-refractivity contribution in [1.29, 1.82) is 0 Å². The average molecular weight is 254 g/mol. The third-order valence-corrected chi connectivity index (χ3v) is 2.68. The van der Waals surface area contributed by atoms with Crippen molar-refractivity contribution in [3.63, 3.8) is 0 Å². The van der Waals surface area contributed by atoms with E-state index < -0.39 is 0 Å². The van der Waals surface area contributed by atoms with Crippen LogP contribution in [0.1, 0.15) is 12.5 Å². The van der Waals surface area contributed by atoms with Crippen LogP contribution < -0.4 is 0 Å². The van der Waals surface area contributed by atoms with Crippen molar-refractivity contribution in [3.05, 3.63) is 28.6 Å². The molecule has 0 saturated heterocycles. The lowest BCUT2D eigenvalue weighted by atomic mass is 10.1. The minimum absolute atomic E-state index is 0.129. The number of halogens is 1. The standard InChI is InChI=1S/C10H8BrNO2/c1-6(13)2-7-3-10-9(4-8(7)11)12-5-14-10/h3-5H,2H2,1H3. The largest absolute Gasteiger partial charge is 0.443 e. The SMILES string of the molecule is CC(=O)Cc1cc2ocnc2cc1Br. The predicted molar refractivity (Wildman–Crippen MR) is 56.1 cm³/mol. The number of carbonyl (C=O) groups excluding carboxylic acids is 1. The average Bonchev–Trinajstić information content (AvgIpc) is 2.51. The first kappa shape index (κ1) is 9.40. The molecule has 2 rings (SSSR count). The quantitative estimate of drug-likeness (QED) is 0.827. The molecule has 72 valence electrons. The molecule has 4 heteroatoms. The molecule has 0 bridgehead atoms. The van der Waals surface area contributed by atoms with Crippen LogP contribution in [0.25, 0.3) is 11.1 Å². The minimum Gasteiger partial charge on any atom is -0.443 e. The maximum Gasteiger partial charge on any atom is 0.181 e. The van der Waals surface area contributed by atoms with Crippen LogP contribution in [0.5, 0.6) is 0 Å². The Morgan fingerprint density at radius 2 is 2.36 bits per heavy atom. The summed E-state index contributed by atoms with van der Waals surface area (Å²) >= 11 is 3.40. The van der Waals surface area contributed by atoms with E-state index in [-0.39, 0.29) is 5.78 Å². The Kier molecular flexibility index (Phi) is 2.37. The number of carbonyl (C=O) groups is 1.